The molecule has 0 amide bonds. The summed E-state index contributed by atoms with van der Waals surface area (Å²) in [4.78, 5) is 20.9. The van der Waals surface area contributed by atoms with Gasteiger partial charge in [-0.2, -0.15) is 0 Å². The van der Waals surface area contributed by atoms with Crippen LogP contribution in [0.1, 0.15) is 6.92 Å². The number of nitro benzene ring substituents is 1. The van der Waals surface area contributed by atoms with Crippen LogP contribution in [0.15, 0.2) is 28.0 Å². The van der Waals surface area contributed by atoms with Gasteiger partial charge >= 0.3 is 5.97 Å². The van der Waals surface area contributed by atoms with E-state index in [0.29, 0.717) is 0 Å². The zero-order valence-corrected chi connectivity index (χ0v) is 12.9. The van der Waals surface area contributed by atoms with Crippen LogP contribution in [-0.4, -0.2) is 42.1 Å². The number of hydrogen-bond donors (Lipinski definition) is 0. The van der Waals surface area contributed by atoms with Crippen LogP contribution in [0, 0.1) is 10.1 Å². The molecule has 0 saturated heterocycles. The van der Waals surface area contributed by atoms with Gasteiger partial charge < -0.3 is 4.74 Å². The van der Waals surface area contributed by atoms with Crippen molar-refractivity contribution in [3.05, 3.63) is 28.3 Å². The molecule has 0 heterocycles. The summed E-state index contributed by atoms with van der Waals surface area (Å²) in [6.45, 7) is 1.52. The van der Waals surface area contributed by atoms with Gasteiger partial charge in [-0.05, 0) is 19.1 Å². The Morgan fingerprint density at radius 1 is 1.43 bits per heavy atom. The molecule has 0 saturated carbocycles. The van der Waals surface area contributed by atoms with E-state index in [9.17, 15) is 27.5 Å². The summed E-state index contributed by atoms with van der Waals surface area (Å²) < 4.78 is 39.9. The Hall–Kier alpha value is -1.81. The molecule has 0 aliphatic heterocycles. The van der Waals surface area contributed by atoms with Crippen LogP contribution in [-0.2, 0) is 30.2 Å². The number of benzene rings is 1. The standard InChI is InChI=1S/C11H13NO7S2/c1-3-19-11(13)7-21(17,18)10-5-4-8(20(2)16)6-9(10)12(14)15/h4-6H,3,7H2,1-2H3. The number of ether oxygens (including phenoxy) is 1. The minimum absolute atomic E-state index is 0.00417. The molecule has 1 unspecified atom stereocenters. The quantitative estimate of drug-likeness (QED) is 0.425. The van der Waals surface area contributed by atoms with Crippen molar-refractivity contribution >= 4 is 32.3 Å². The van der Waals surface area contributed by atoms with E-state index in [1.807, 2.05) is 0 Å². The van der Waals surface area contributed by atoms with E-state index < -0.39 is 47.9 Å². The summed E-state index contributed by atoms with van der Waals surface area (Å²) >= 11 is 0. The molecule has 8 nitrogen and oxygen atoms in total. The van der Waals surface area contributed by atoms with Crippen molar-refractivity contribution in [3.8, 4) is 0 Å². The third kappa shape index (κ3) is 4.33. The Morgan fingerprint density at radius 2 is 2.05 bits per heavy atom. The molecule has 0 radical (unpaired) electrons. The molecule has 10 heteroatoms. The normalized spacial score (nSPS) is 12.7. The molecule has 0 bridgehead atoms. The maximum absolute atomic E-state index is 12.0. The van der Waals surface area contributed by atoms with Crippen LogP contribution >= 0.6 is 0 Å². The number of esters is 1. The highest BCUT2D eigenvalue weighted by molar-refractivity contribution is 7.92. The van der Waals surface area contributed by atoms with Gasteiger partial charge in [0.1, 0.15) is 4.90 Å². The fourth-order valence-corrected chi connectivity index (χ4v) is 3.33. The molecule has 0 spiro atoms. The lowest BCUT2D eigenvalue weighted by Gasteiger charge is -2.06. The van der Waals surface area contributed by atoms with Crippen LogP contribution in [0.25, 0.3) is 0 Å². The van der Waals surface area contributed by atoms with E-state index in [2.05, 4.69) is 4.74 Å². The first-order valence-corrected chi connectivity index (χ1v) is 8.90. The molecule has 116 valence electrons. The summed E-state index contributed by atoms with van der Waals surface area (Å²) in [6.07, 6.45) is 1.31. The summed E-state index contributed by atoms with van der Waals surface area (Å²) in [5.41, 5.74) is -0.716. The van der Waals surface area contributed by atoms with Crippen molar-refractivity contribution < 1.29 is 27.1 Å². The molecular weight excluding hydrogens is 322 g/mol. The summed E-state index contributed by atoms with van der Waals surface area (Å²) in [7, 11) is -5.71. The SMILES string of the molecule is CCOC(=O)CS(=O)(=O)c1ccc(S(C)=O)cc1[N+](=O)[O-]. The molecule has 1 atom stereocenters. The highest BCUT2D eigenvalue weighted by Crippen LogP contribution is 2.27. The highest BCUT2D eigenvalue weighted by Gasteiger charge is 2.29. The maximum Gasteiger partial charge on any atom is 0.321 e. The minimum Gasteiger partial charge on any atom is -0.465 e. The van der Waals surface area contributed by atoms with E-state index in [0.717, 1.165) is 12.1 Å². The first kappa shape index (κ1) is 17.2. The van der Waals surface area contributed by atoms with Crippen LogP contribution in [0.2, 0.25) is 0 Å². The zero-order chi connectivity index (χ0) is 16.2. The van der Waals surface area contributed by atoms with Gasteiger partial charge in [0.05, 0.1) is 22.3 Å². The van der Waals surface area contributed by atoms with Crippen molar-refractivity contribution in [2.24, 2.45) is 0 Å². The first-order valence-electron chi connectivity index (χ1n) is 5.69. The lowest BCUT2D eigenvalue weighted by atomic mass is 10.3. The number of carbonyl (C=O) groups excluding carboxylic acids is 1. The predicted octanol–water partition coefficient (Wildman–Crippen LogP) is 0.669. The molecule has 0 aromatic heterocycles. The number of hydrogen-bond acceptors (Lipinski definition) is 7. The Bertz CT molecular complexity index is 697. The average molecular weight is 335 g/mol. The summed E-state index contributed by atoms with van der Waals surface area (Å²) in [5, 5.41) is 11.0. The first-order chi connectivity index (χ1) is 9.69. The lowest BCUT2D eigenvalue weighted by molar-refractivity contribution is -0.388. The van der Waals surface area contributed by atoms with Gasteiger partial charge in [0.2, 0.25) is 0 Å². The number of carbonyl (C=O) groups is 1. The molecule has 0 N–H and O–H groups in total. The molecule has 21 heavy (non-hydrogen) atoms. The van der Waals surface area contributed by atoms with Gasteiger partial charge in [0.25, 0.3) is 5.69 Å². The van der Waals surface area contributed by atoms with E-state index in [1.165, 1.54) is 19.2 Å². The number of sulfone groups is 1. The predicted molar refractivity (Wildman–Crippen MR) is 74.1 cm³/mol. The topological polar surface area (TPSA) is 121 Å². The van der Waals surface area contributed by atoms with Crippen LogP contribution < -0.4 is 0 Å². The third-order valence-corrected chi connectivity index (χ3v) is 4.96. The van der Waals surface area contributed by atoms with Gasteiger partial charge in [-0.1, -0.05) is 0 Å². The molecular formula is C11H13NO7S2. The van der Waals surface area contributed by atoms with Crippen LogP contribution in [0.5, 0.6) is 0 Å². The summed E-state index contributed by atoms with van der Waals surface area (Å²) in [6, 6.07) is 3.11. The van der Waals surface area contributed by atoms with Crippen molar-refractivity contribution in [3.63, 3.8) is 0 Å². The van der Waals surface area contributed by atoms with E-state index in [4.69, 9.17) is 0 Å². The van der Waals surface area contributed by atoms with Gasteiger partial charge in [-0.15, -0.1) is 0 Å². The van der Waals surface area contributed by atoms with E-state index >= 15 is 0 Å². The highest BCUT2D eigenvalue weighted by atomic mass is 32.2. The number of rotatable bonds is 6. The lowest BCUT2D eigenvalue weighted by Crippen LogP contribution is -2.19. The Labute approximate surface area is 123 Å². The second-order valence-corrected chi connectivity index (χ2v) is 7.24. The Kier molecular flexibility index (Phi) is 5.55. The smallest absolute Gasteiger partial charge is 0.321 e. The second-order valence-electron chi connectivity index (χ2n) is 3.90. The molecule has 1 aromatic carbocycles. The fourth-order valence-electron chi connectivity index (χ4n) is 1.52. The maximum atomic E-state index is 12.0. The molecule has 0 aliphatic rings. The van der Waals surface area contributed by atoms with Gasteiger partial charge in [-0.3, -0.25) is 19.1 Å². The number of nitrogens with zero attached hydrogens (tertiary/aromatic N) is 1. The monoisotopic (exact) mass is 335 g/mol. The molecule has 0 aliphatic carbocycles. The Balaban J connectivity index is 3.32. The van der Waals surface area contributed by atoms with Crippen molar-refractivity contribution in [2.45, 2.75) is 16.7 Å². The van der Waals surface area contributed by atoms with Crippen molar-refractivity contribution in [1.29, 1.82) is 0 Å². The van der Waals surface area contributed by atoms with Gasteiger partial charge in [0.15, 0.2) is 15.6 Å². The van der Waals surface area contributed by atoms with Crippen LogP contribution in [0.3, 0.4) is 0 Å². The van der Waals surface area contributed by atoms with Crippen molar-refractivity contribution in [2.75, 3.05) is 18.6 Å². The van der Waals surface area contributed by atoms with E-state index in [1.54, 1.807) is 0 Å². The van der Waals surface area contributed by atoms with Crippen molar-refractivity contribution in [1.82, 2.24) is 0 Å². The van der Waals surface area contributed by atoms with Gasteiger partial charge in [-0.25, -0.2) is 8.42 Å². The molecule has 0 fully saturated rings. The molecule has 1 rings (SSSR count). The van der Waals surface area contributed by atoms with E-state index in [-0.39, 0.29) is 11.5 Å². The second kappa shape index (κ2) is 6.76. The zero-order valence-electron chi connectivity index (χ0n) is 11.3. The van der Waals surface area contributed by atoms with Crippen LogP contribution in [0.4, 0.5) is 5.69 Å². The third-order valence-electron chi connectivity index (χ3n) is 2.41. The average Bonchev–Trinajstić information content (AvgIpc) is 2.37. The molecule has 1 aromatic rings. The fraction of sp³-hybridized carbons (Fsp3) is 0.364. The van der Waals surface area contributed by atoms with Gasteiger partial charge in [0, 0.05) is 17.2 Å². The Morgan fingerprint density at radius 3 is 2.52 bits per heavy atom. The minimum atomic E-state index is -4.22. The largest absolute Gasteiger partial charge is 0.465 e. The number of nitro groups is 1. The summed E-state index contributed by atoms with van der Waals surface area (Å²) in [5.74, 6) is -1.98.